The number of aliphatic hydroxyl groups excluding tert-OH is 1. The number of nitrogen functional groups attached to an aromatic ring is 1. The minimum absolute atomic E-state index is 0.0701. The Morgan fingerprint density at radius 3 is 2.74 bits per heavy atom. The average molecular weight is 374 g/mol. The second kappa shape index (κ2) is 7.62. The van der Waals surface area contributed by atoms with E-state index >= 15 is 0 Å². The van der Waals surface area contributed by atoms with Crippen LogP contribution in [0.4, 0.5) is 11.8 Å². The minimum Gasteiger partial charge on any atom is -0.490 e. The fourth-order valence-electron chi connectivity index (χ4n) is 2.76. The van der Waals surface area contributed by atoms with Crippen molar-refractivity contribution in [2.75, 3.05) is 37.4 Å². The lowest BCUT2D eigenvalue weighted by Gasteiger charge is -2.37. The summed E-state index contributed by atoms with van der Waals surface area (Å²) in [6, 6.07) is 0. The van der Waals surface area contributed by atoms with E-state index in [2.05, 4.69) is 15.1 Å². The summed E-state index contributed by atoms with van der Waals surface area (Å²) in [5, 5.41) is 13.9. The molecule has 0 aromatic carbocycles. The lowest BCUT2D eigenvalue weighted by atomic mass is 10.1. The number of hydrogen-bond donors (Lipinski definition) is 2. The number of rotatable bonds is 6. The largest absolute Gasteiger partial charge is 0.490 e. The van der Waals surface area contributed by atoms with Gasteiger partial charge in [0.1, 0.15) is 0 Å². The maximum atomic E-state index is 11.5. The molecule has 2 aromatic rings. The molecular weight excluding hydrogens is 352 g/mol. The van der Waals surface area contributed by atoms with Gasteiger partial charge in [-0.2, -0.15) is 15.1 Å². The van der Waals surface area contributed by atoms with Crippen LogP contribution in [0.3, 0.4) is 0 Å². The summed E-state index contributed by atoms with van der Waals surface area (Å²) in [5.74, 6) is 0.939. The normalized spacial score (nSPS) is 14.4. The van der Waals surface area contributed by atoms with Gasteiger partial charge in [0, 0.05) is 24.7 Å². The average Bonchev–Trinajstić information content (AvgIpc) is 2.97. The van der Waals surface area contributed by atoms with Crippen molar-refractivity contribution in [1.82, 2.24) is 19.7 Å². The molecule has 3 rings (SSSR count). The van der Waals surface area contributed by atoms with Gasteiger partial charge in [0.2, 0.25) is 17.5 Å². The van der Waals surface area contributed by atoms with Gasteiger partial charge >= 0.3 is 5.97 Å². The summed E-state index contributed by atoms with van der Waals surface area (Å²) < 4.78 is 12.0. The summed E-state index contributed by atoms with van der Waals surface area (Å²) in [6.45, 7) is 4.78. The SMILES string of the molecule is CCOC(=O)C=Cc1cnn(-c2nc(N)nc(N3CC(O)C3)c2OC)c1C. The molecule has 2 aromatic heterocycles. The molecule has 0 amide bonds. The third-order valence-electron chi connectivity index (χ3n) is 4.15. The lowest BCUT2D eigenvalue weighted by molar-refractivity contribution is -0.137. The molecule has 0 spiro atoms. The van der Waals surface area contributed by atoms with Crippen LogP contribution in [-0.4, -0.2) is 63.7 Å². The third kappa shape index (κ3) is 3.70. The zero-order valence-electron chi connectivity index (χ0n) is 15.4. The quantitative estimate of drug-likeness (QED) is 0.542. The van der Waals surface area contributed by atoms with Gasteiger partial charge in [-0.3, -0.25) is 0 Å². The number of β-amino-alcohol motifs (C(OH)–C–C–N with tert-alkyl or cyclic N) is 1. The van der Waals surface area contributed by atoms with Crippen molar-refractivity contribution in [3.63, 3.8) is 0 Å². The Labute approximate surface area is 156 Å². The van der Waals surface area contributed by atoms with Gasteiger partial charge in [-0.25, -0.2) is 9.48 Å². The van der Waals surface area contributed by atoms with Crippen molar-refractivity contribution in [2.45, 2.75) is 20.0 Å². The number of methoxy groups -OCH3 is 1. The monoisotopic (exact) mass is 374 g/mol. The van der Waals surface area contributed by atoms with Gasteiger partial charge in [0.15, 0.2) is 5.82 Å². The van der Waals surface area contributed by atoms with E-state index in [1.165, 1.54) is 13.2 Å². The van der Waals surface area contributed by atoms with Gasteiger partial charge < -0.3 is 25.2 Å². The molecule has 1 aliphatic rings. The van der Waals surface area contributed by atoms with Crippen LogP contribution in [0.2, 0.25) is 0 Å². The van der Waals surface area contributed by atoms with Crippen molar-refractivity contribution in [3.8, 4) is 11.6 Å². The van der Waals surface area contributed by atoms with E-state index < -0.39 is 12.1 Å². The molecule has 0 unspecified atom stereocenters. The Morgan fingerprint density at radius 2 is 2.11 bits per heavy atom. The number of esters is 1. The summed E-state index contributed by atoms with van der Waals surface area (Å²) >= 11 is 0. The number of carbonyl (C=O) groups is 1. The number of anilines is 2. The smallest absolute Gasteiger partial charge is 0.330 e. The Bertz CT molecular complexity index is 873. The van der Waals surface area contributed by atoms with E-state index in [9.17, 15) is 9.90 Å². The topological polar surface area (TPSA) is 129 Å². The number of ether oxygens (including phenoxy) is 2. The first kappa shape index (κ1) is 18.6. The molecule has 3 N–H and O–H groups in total. The first-order valence-corrected chi connectivity index (χ1v) is 8.49. The molecule has 1 fully saturated rings. The molecule has 27 heavy (non-hydrogen) atoms. The number of hydrogen-bond acceptors (Lipinski definition) is 9. The Morgan fingerprint density at radius 1 is 1.41 bits per heavy atom. The number of nitrogens with zero attached hydrogens (tertiary/aromatic N) is 5. The van der Waals surface area contributed by atoms with Crippen LogP contribution in [-0.2, 0) is 9.53 Å². The summed E-state index contributed by atoms with van der Waals surface area (Å²) in [4.78, 5) is 21.9. The zero-order valence-corrected chi connectivity index (χ0v) is 15.4. The Balaban J connectivity index is 1.98. The number of nitrogens with two attached hydrogens (primary N) is 1. The van der Waals surface area contributed by atoms with Crippen LogP contribution < -0.4 is 15.4 Å². The third-order valence-corrected chi connectivity index (χ3v) is 4.15. The van der Waals surface area contributed by atoms with Crippen molar-refractivity contribution in [3.05, 3.63) is 23.5 Å². The highest BCUT2D eigenvalue weighted by atomic mass is 16.5. The summed E-state index contributed by atoms with van der Waals surface area (Å²) in [6.07, 6.45) is 4.17. The Kier molecular flexibility index (Phi) is 5.26. The van der Waals surface area contributed by atoms with E-state index in [4.69, 9.17) is 15.2 Å². The first-order chi connectivity index (χ1) is 12.9. The highest BCUT2D eigenvalue weighted by Gasteiger charge is 2.31. The van der Waals surface area contributed by atoms with Crippen LogP contribution in [0.1, 0.15) is 18.2 Å². The van der Waals surface area contributed by atoms with Crippen molar-refractivity contribution < 1.29 is 19.4 Å². The molecule has 10 nitrogen and oxygen atoms in total. The van der Waals surface area contributed by atoms with Crippen molar-refractivity contribution >= 4 is 23.8 Å². The van der Waals surface area contributed by atoms with Gasteiger partial charge in [0.05, 0.1) is 31.7 Å². The van der Waals surface area contributed by atoms with E-state index in [-0.39, 0.29) is 5.95 Å². The first-order valence-electron chi connectivity index (χ1n) is 8.49. The maximum absolute atomic E-state index is 11.5. The standard InChI is InChI=1S/C17H22N6O4/c1-4-27-13(25)6-5-11-7-19-23(10(11)2)16-14(26-3)15(20-17(18)21-16)22-8-12(24)9-22/h5-7,12,24H,4,8-9H2,1-3H3,(H2,18,20,21). The molecule has 0 saturated carbocycles. The van der Waals surface area contributed by atoms with Crippen LogP contribution >= 0.6 is 0 Å². The highest BCUT2D eigenvalue weighted by Crippen LogP contribution is 2.35. The number of carbonyl (C=O) groups excluding carboxylic acids is 1. The molecule has 0 atom stereocenters. The summed E-state index contributed by atoms with van der Waals surface area (Å²) in [7, 11) is 1.51. The van der Waals surface area contributed by atoms with E-state index in [0.717, 1.165) is 11.3 Å². The zero-order chi connectivity index (χ0) is 19.6. The molecule has 144 valence electrons. The highest BCUT2D eigenvalue weighted by molar-refractivity contribution is 5.87. The minimum atomic E-state index is -0.424. The molecule has 1 aliphatic heterocycles. The van der Waals surface area contributed by atoms with Crippen molar-refractivity contribution in [2.24, 2.45) is 0 Å². The molecule has 1 saturated heterocycles. The van der Waals surface area contributed by atoms with E-state index in [1.54, 1.807) is 23.9 Å². The molecule has 0 bridgehead atoms. The van der Waals surface area contributed by atoms with Crippen LogP contribution in [0.15, 0.2) is 12.3 Å². The van der Waals surface area contributed by atoms with E-state index in [1.807, 2.05) is 11.8 Å². The number of aromatic nitrogens is 4. The van der Waals surface area contributed by atoms with Gasteiger partial charge in [-0.15, -0.1) is 0 Å². The predicted molar refractivity (Wildman–Crippen MR) is 98.7 cm³/mol. The number of aliphatic hydroxyl groups is 1. The molecule has 0 aliphatic carbocycles. The Hall–Kier alpha value is -3.14. The van der Waals surface area contributed by atoms with Gasteiger partial charge in [-0.05, 0) is 19.9 Å². The second-order valence-electron chi connectivity index (χ2n) is 6.00. The fraction of sp³-hybridized carbons (Fsp3) is 0.412. The second-order valence-corrected chi connectivity index (χ2v) is 6.00. The molecular formula is C17H22N6O4. The van der Waals surface area contributed by atoms with Crippen LogP contribution in [0.5, 0.6) is 5.75 Å². The summed E-state index contributed by atoms with van der Waals surface area (Å²) in [5.41, 5.74) is 7.34. The lowest BCUT2D eigenvalue weighted by Crippen LogP contribution is -2.51. The molecule has 3 heterocycles. The van der Waals surface area contributed by atoms with Gasteiger partial charge in [-0.1, -0.05) is 0 Å². The maximum Gasteiger partial charge on any atom is 0.330 e. The van der Waals surface area contributed by atoms with Crippen molar-refractivity contribution in [1.29, 1.82) is 0 Å². The predicted octanol–water partition coefficient (Wildman–Crippen LogP) is 0.319. The van der Waals surface area contributed by atoms with E-state index in [0.29, 0.717) is 37.1 Å². The van der Waals surface area contributed by atoms with Crippen LogP contribution in [0.25, 0.3) is 11.9 Å². The van der Waals surface area contributed by atoms with Crippen LogP contribution in [0, 0.1) is 6.92 Å². The van der Waals surface area contributed by atoms with Gasteiger partial charge in [0.25, 0.3) is 0 Å². The fourth-order valence-corrected chi connectivity index (χ4v) is 2.76. The molecule has 10 heteroatoms. The molecule has 0 radical (unpaired) electrons.